The first kappa shape index (κ1) is 52.6. The molecule has 0 aliphatic rings. The number of hydrogen-bond donors (Lipinski definition) is 14. The Bertz CT molecular complexity index is 1620. The van der Waals surface area contributed by atoms with Gasteiger partial charge in [0.25, 0.3) is 0 Å². The van der Waals surface area contributed by atoms with Crippen LogP contribution in [0.1, 0.15) is 77.2 Å². The highest BCUT2D eigenvalue weighted by molar-refractivity contribution is 5.96. The minimum atomic E-state index is -1.22. The van der Waals surface area contributed by atoms with E-state index in [1.807, 2.05) is 44.2 Å². The maximum Gasteiger partial charge on any atom is 0.243 e. The Morgan fingerprint density at radius 3 is 1.26 bits per heavy atom. The predicted octanol–water partition coefficient (Wildman–Crippen LogP) is -4.13. The van der Waals surface area contributed by atoms with Gasteiger partial charge in [-0.15, -0.1) is 0 Å². The zero-order valence-corrected chi connectivity index (χ0v) is 35.5. The van der Waals surface area contributed by atoms with Crippen molar-refractivity contribution < 1.29 is 24.0 Å². The Hall–Kier alpha value is -6.39. The van der Waals surface area contributed by atoms with Crippen LogP contribution in [0.3, 0.4) is 0 Å². The van der Waals surface area contributed by atoms with Gasteiger partial charge in [-0.2, -0.15) is 0 Å². The summed E-state index contributed by atoms with van der Waals surface area (Å²) in [7, 11) is 0. The van der Waals surface area contributed by atoms with Gasteiger partial charge in [0.1, 0.15) is 24.2 Å². The molecule has 0 unspecified atom stereocenters. The first-order valence-corrected chi connectivity index (χ1v) is 20.4. The van der Waals surface area contributed by atoms with Crippen LogP contribution in [0.25, 0.3) is 0 Å². The van der Waals surface area contributed by atoms with Gasteiger partial charge < -0.3 is 78.2 Å². The van der Waals surface area contributed by atoms with E-state index in [-0.39, 0.29) is 101 Å². The van der Waals surface area contributed by atoms with Crippen LogP contribution in [-0.4, -0.2) is 116 Å². The Balaban J connectivity index is 3.35. The molecular weight excluding hydrogens is 789 g/mol. The number of aliphatic imine (C=N–C) groups is 4. The lowest BCUT2D eigenvalue weighted by Gasteiger charge is -2.27. The van der Waals surface area contributed by atoms with Crippen LogP contribution in [0.15, 0.2) is 50.3 Å². The Morgan fingerprint density at radius 2 is 0.869 bits per heavy atom. The van der Waals surface area contributed by atoms with Gasteiger partial charge in [0, 0.05) is 32.7 Å². The van der Waals surface area contributed by atoms with Crippen LogP contribution < -0.4 is 78.2 Å². The standard InChI is InChI=1S/C38H70N18O5/c1-23(2)22-29(56-30(57)25(39)12-6-17-49-35(40)41)34(61)55-28(15-9-20-52-38(46)47)33(60)54-27(14-8-19-51-37(44)45)32(59)53-26(13-7-18-50-36(42)43)31(58)48-21-16-24-10-4-3-5-11-24/h3-5,10-11,23,25-29H,6-9,12-22,39H2,1-2H3,(H,48,58)(H,53,59)(H,54,60)(H,55,61)(H,56,57)(H4,40,41,49)(H4,42,43,50)(H4,44,45,51)(H4,46,47,52)/t25-,26+,27-,28-,29+/m0/s1. The number of nitrogens with one attached hydrogen (secondary N) is 5. The number of carbonyl (C=O) groups is 5. The topological polar surface area (TPSA) is 429 Å². The second-order valence-corrected chi connectivity index (χ2v) is 14.8. The van der Waals surface area contributed by atoms with E-state index in [2.05, 4.69) is 46.6 Å². The molecule has 0 fully saturated rings. The Morgan fingerprint density at radius 1 is 0.508 bits per heavy atom. The third-order valence-corrected chi connectivity index (χ3v) is 8.94. The van der Waals surface area contributed by atoms with E-state index in [9.17, 15) is 24.0 Å². The van der Waals surface area contributed by atoms with Crippen molar-refractivity contribution >= 4 is 53.4 Å². The highest BCUT2D eigenvalue weighted by Crippen LogP contribution is 2.10. The molecule has 0 radical (unpaired) electrons. The summed E-state index contributed by atoms with van der Waals surface area (Å²) in [5, 5.41) is 13.8. The van der Waals surface area contributed by atoms with Crippen molar-refractivity contribution in [3.8, 4) is 0 Å². The Kier molecular flexibility index (Phi) is 25.7. The summed E-state index contributed by atoms with van der Waals surface area (Å²) in [5.74, 6) is -3.64. The first-order valence-electron chi connectivity index (χ1n) is 20.4. The van der Waals surface area contributed by atoms with Crippen molar-refractivity contribution in [2.75, 3.05) is 32.7 Å². The fourth-order valence-corrected chi connectivity index (χ4v) is 5.86. The van der Waals surface area contributed by atoms with E-state index in [0.29, 0.717) is 25.8 Å². The van der Waals surface area contributed by atoms with Crippen molar-refractivity contribution in [3.63, 3.8) is 0 Å². The van der Waals surface area contributed by atoms with E-state index in [4.69, 9.17) is 51.6 Å². The lowest BCUT2D eigenvalue weighted by atomic mass is 10.0. The van der Waals surface area contributed by atoms with E-state index in [0.717, 1.165) is 5.56 Å². The molecule has 1 rings (SSSR count). The highest BCUT2D eigenvalue weighted by Gasteiger charge is 2.32. The molecule has 0 aliphatic carbocycles. The molecule has 5 amide bonds. The molecule has 0 saturated heterocycles. The third kappa shape index (κ3) is 25.0. The van der Waals surface area contributed by atoms with Crippen LogP contribution in [-0.2, 0) is 30.4 Å². The monoisotopic (exact) mass is 859 g/mol. The molecule has 5 atom stereocenters. The number of rotatable bonds is 30. The molecule has 61 heavy (non-hydrogen) atoms. The normalized spacial score (nSPS) is 13.2. The number of guanidine groups is 4. The summed E-state index contributed by atoms with van der Waals surface area (Å²) in [6.45, 7) is 4.77. The fraction of sp³-hybridized carbons (Fsp3) is 0.605. The van der Waals surface area contributed by atoms with Crippen LogP contribution in [0.2, 0.25) is 0 Å². The summed E-state index contributed by atoms with van der Waals surface area (Å²) in [6.07, 6.45) is 2.54. The molecule has 1 aromatic rings. The minimum absolute atomic E-state index is 0.0422. The van der Waals surface area contributed by atoms with Gasteiger partial charge in [0.2, 0.25) is 29.5 Å². The second kappa shape index (κ2) is 29.8. The molecule has 1 aromatic carbocycles. The molecule has 342 valence electrons. The molecular formula is C38H70N18O5. The Labute approximate surface area is 357 Å². The number of nitrogens with two attached hydrogens (primary N) is 9. The van der Waals surface area contributed by atoms with Gasteiger partial charge in [-0.3, -0.25) is 43.9 Å². The number of hydrogen-bond acceptors (Lipinski definition) is 10. The lowest BCUT2D eigenvalue weighted by Crippen LogP contribution is -2.59. The lowest BCUT2D eigenvalue weighted by molar-refractivity contribution is -0.135. The number of nitrogens with zero attached hydrogens (tertiary/aromatic N) is 4. The van der Waals surface area contributed by atoms with Gasteiger partial charge in [-0.1, -0.05) is 44.2 Å². The number of benzene rings is 1. The summed E-state index contributed by atoms with van der Waals surface area (Å²) in [5.41, 5.74) is 50.8. The second-order valence-electron chi connectivity index (χ2n) is 14.8. The van der Waals surface area contributed by atoms with E-state index >= 15 is 0 Å². The van der Waals surface area contributed by atoms with Crippen LogP contribution in [0.4, 0.5) is 0 Å². The van der Waals surface area contributed by atoms with Gasteiger partial charge in [-0.25, -0.2) is 0 Å². The van der Waals surface area contributed by atoms with Crippen molar-refractivity contribution in [1.82, 2.24) is 26.6 Å². The van der Waals surface area contributed by atoms with E-state index in [1.165, 1.54) is 0 Å². The van der Waals surface area contributed by atoms with E-state index in [1.54, 1.807) is 0 Å². The predicted molar refractivity (Wildman–Crippen MR) is 238 cm³/mol. The molecule has 0 bridgehead atoms. The van der Waals surface area contributed by atoms with Crippen LogP contribution in [0, 0.1) is 5.92 Å². The molecule has 23 nitrogen and oxygen atoms in total. The van der Waals surface area contributed by atoms with Crippen molar-refractivity contribution in [2.45, 2.75) is 108 Å². The van der Waals surface area contributed by atoms with Crippen molar-refractivity contribution in [2.24, 2.45) is 77.5 Å². The van der Waals surface area contributed by atoms with Gasteiger partial charge in [0.05, 0.1) is 6.04 Å². The average molecular weight is 859 g/mol. The van der Waals surface area contributed by atoms with Gasteiger partial charge >= 0.3 is 0 Å². The summed E-state index contributed by atoms with van der Waals surface area (Å²) in [4.78, 5) is 84.3. The van der Waals surface area contributed by atoms with Crippen LogP contribution in [0.5, 0.6) is 0 Å². The maximum atomic E-state index is 14.1. The maximum absolute atomic E-state index is 14.1. The van der Waals surface area contributed by atoms with E-state index < -0.39 is 59.7 Å². The van der Waals surface area contributed by atoms with Crippen molar-refractivity contribution in [3.05, 3.63) is 35.9 Å². The molecule has 23 heteroatoms. The molecule has 0 heterocycles. The first-order chi connectivity index (χ1) is 28.9. The smallest absolute Gasteiger partial charge is 0.243 e. The zero-order valence-electron chi connectivity index (χ0n) is 35.5. The molecule has 0 saturated carbocycles. The molecule has 0 spiro atoms. The number of amides is 5. The summed E-state index contributed by atoms with van der Waals surface area (Å²) < 4.78 is 0. The quantitative estimate of drug-likeness (QED) is 0.0199. The molecule has 0 aliphatic heterocycles. The SMILES string of the molecule is CC(C)C[C@@H](NC(=O)[C@@H](N)CCCN=C(N)N)C(=O)N[C@@H](CCCN=C(N)N)C(=O)N[C@@H](CCCN=C(N)N)C(=O)N[C@H](CCCN=C(N)N)C(=O)NCCc1ccccc1. The summed E-state index contributed by atoms with van der Waals surface area (Å²) in [6, 6.07) is 4.07. The molecule has 0 aromatic heterocycles. The zero-order chi connectivity index (χ0) is 45.7. The molecule has 23 N–H and O–H groups in total. The fourth-order valence-electron chi connectivity index (χ4n) is 5.86. The van der Waals surface area contributed by atoms with Crippen molar-refractivity contribution in [1.29, 1.82) is 0 Å². The van der Waals surface area contributed by atoms with Gasteiger partial charge in [0.15, 0.2) is 23.8 Å². The highest BCUT2D eigenvalue weighted by atomic mass is 16.2. The number of carbonyl (C=O) groups excluding carboxylic acids is 5. The average Bonchev–Trinajstić information content (AvgIpc) is 3.19. The largest absolute Gasteiger partial charge is 0.370 e. The van der Waals surface area contributed by atoms with Crippen LogP contribution >= 0.6 is 0 Å². The minimum Gasteiger partial charge on any atom is -0.370 e. The summed E-state index contributed by atoms with van der Waals surface area (Å²) >= 11 is 0. The third-order valence-electron chi connectivity index (χ3n) is 8.94. The van der Waals surface area contributed by atoms with Gasteiger partial charge in [-0.05, 0) is 75.7 Å².